The van der Waals surface area contributed by atoms with Crippen LogP contribution >= 0.6 is 0 Å². The molecule has 2 saturated heterocycles. The van der Waals surface area contributed by atoms with Gasteiger partial charge in [-0.1, -0.05) is 0 Å². The van der Waals surface area contributed by atoms with Crippen LogP contribution < -0.4 is 4.90 Å². The number of benzene rings is 1. The van der Waals surface area contributed by atoms with Gasteiger partial charge in [-0.05, 0) is 37.1 Å². The number of nitrogens with zero attached hydrogens (tertiary/aromatic N) is 5. The van der Waals surface area contributed by atoms with Crippen molar-refractivity contribution in [3.63, 3.8) is 0 Å². The van der Waals surface area contributed by atoms with E-state index >= 15 is 0 Å². The van der Waals surface area contributed by atoms with Crippen LogP contribution in [0.25, 0.3) is 11.2 Å². The highest BCUT2D eigenvalue weighted by Crippen LogP contribution is 2.32. The van der Waals surface area contributed by atoms with E-state index in [9.17, 15) is 14.0 Å². The van der Waals surface area contributed by atoms with E-state index in [1.165, 1.54) is 12.1 Å². The second kappa shape index (κ2) is 7.47. The molecular weight excluding hydrogens is 387 g/mol. The average molecular weight is 408 g/mol. The maximum Gasteiger partial charge on any atom is 0.228 e. The minimum atomic E-state index is -0.389. The number of carbonyl (C=O) groups excluding carboxylic acids is 2. The molecule has 9 heteroatoms. The molecule has 4 heterocycles. The summed E-state index contributed by atoms with van der Waals surface area (Å²) in [5.74, 6) is -0.751. The Morgan fingerprint density at radius 3 is 2.77 bits per heavy atom. The molecule has 0 unspecified atom stereocenters. The number of anilines is 1. The van der Waals surface area contributed by atoms with Crippen molar-refractivity contribution >= 4 is 28.7 Å². The van der Waals surface area contributed by atoms with E-state index in [2.05, 4.69) is 20.2 Å². The first-order valence-electron chi connectivity index (χ1n) is 10.1. The molecule has 2 aliphatic rings. The summed E-state index contributed by atoms with van der Waals surface area (Å²) >= 11 is 0. The molecular formula is C21H21FN6O2. The van der Waals surface area contributed by atoms with Crippen LogP contribution in [-0.2, 0) is 9.59 Å². The van der Waals surface area contributed by atoms with Crippen LogP contribution in [0, 0.1) is 11.7 Å². The Kier molecular flexibility index (Phi) is 4.65. The lowest BCUT2D eigenvalue weighted by atomic mass is 9.93. The van der Waals surface area contributed by atoms with Gasteiger partial charge in [0.1, 0.15) is 11.3 Å². The molecule has 2 aromatic heterocycles. The van der Waals surface area contributed by atoms with Crippen molar-refractivity contribution in [1.82, 2.24) is 25.1 Å². The van der Waals surface area contributed by atoms with E-state index in [4.69, 9.17) is 0 Å². The van der Waals surface area contributed by atoms with Gasteiger partial charge in [0, 0.05) is 50.1 Å². The number of aromatic amines is 1. The van der Waals surface area contributed by atoms with Crippen molar-refractivity contribution in [1.29, 1.82) is 0 Å². The normalized spacial score (nSPS) is 22.1. The number of piperidine rings is 1. The van der Waals surface area contributed by atoms with Crippen molar-refractivity contribution in [2.24, 2.45) is 5.92 Å². The van der Waals surface area contributed by atoms with Gasteiger partial charge < -0.3 is 9.80 Å². The summed E-state index contributed by atoms with van der Waals surface area (Å²) in [4.78, 5) is 37.7. The Bertz CT molecular complexity index is 1100. The first-order valence-corrected chi connectivity index (χ1v) is 10.1. The molecule has 2 atom stereocenters. The Labute approximate surface area is 172 Å². The van der Waals surface area contributed by atoms with Crippen LogP contribution in [0.4, 0.5) is 10.1 Å². The number of hydrogen-bond acceptors (Lipinski definition) is 5. The molecule has 2 aliphatic heterocycles. The first kappa shape index (κ1) is 18.7. The number of nitrogens with one attached hydrogen (secondary N) is 1. The van der Waals surface area contributed by atoms with Gasteiger partial charge in [0.25, 0.3) is 0 Å². The van der Waals surface area contributed by atoms with Gasteiger partial charge in [-0.3, -0.25) is 14.7 Å². The minimum absolute atomic E-state index is 0.00688. The Morgan fingerprint density at radius 1 is 1.13 bits per heavy atom. The Hall–Kier alpha value is -3.36. The summed E-state index contributed by atoms with van der Waals surface area (Å²) in [5, 5.41) is 7.27. The largest absolute Gasteiger partial charge is 0.342 e. The van der Waals surface area contributed by atoms with Gasteiger partial charge in [0.05, 0.1) is 11.6 Å². The molecule has 8 nitrogen and oxygen atoms in total. The summed E-state index contributed by atoms with van der Waals surface area (Å²) in [6.45, 7) is 1.56. The molecule has 3 aromatic rings. The highest BCUT2D eigenvalue weighted by molar-refractivity contribution is 6.00. The predicted molar refractivity (Wildman–Crippen MR) is 107 cm³/mol. The standard InChI is InChI=1S/C21H21FN6O2/c22-15-3-5-16(6-4-15)28-12-14(10-17(28)29)21(30)27-9-1-2-13(11-27)18-19-20(26-25-18)24-8-7-23-19/h3-8,13-14H,1-2,9-12H2,(H,24,25,26)/t13-,14+/m0/s1. The van der Waals surface area contributed by atoms with Crippen LogP contribution in [-0.4, -0.2) is 56.5 Å². The van der Waals surface area contributed by atoms with Crippen molar-refractivity contribution in [2.75, 3.05) is 24.5 Å². The first-order chi connectivity index (χ1) is 14.6. The van der Waals surface area contributed by atoms with Crippen LogP contribution in [0.15, 0.2) is 36.7 Å². The van der Waals surface area contributed by atoms with Gasteiger partial charge >= 0.3 is 0 Å². The van der Waals surface area contributed by atoms with Crippen molar-refractivity contribution in [2.45, 2.75) is 25.2 Å². The monoisotopic (exact) mass is 408 g/mol. The fraction of sp³-hybridized carbons (Fsp3) is 0.381. The highest BCUT2D eigenvalue weighted by Gasteiger charge is 2.39. The van der Waals surface area contributed by atoms with Crippen LogP contribution in [0.1, 0.15) is 30.9 Å². The van der Waals surface area contributed by atoms with E-state index in [0.29, 0.717) is 31.0 Å². The lowest BCUT2D eigenvalue weighted by molar-refractivity contribution is -0.137. The zero-order chi connectivity index (χ0) is 20.7. The van der Waals surface area contributed by atoms with Crippen LogP contribution in [0.5, 0.6) is 0 Å². The highest BCUT2D eigenvalue weighted by atomic mass is 19.1. The smallest absolute Gasteiger partial charge is 0.228 e. The number of likely N-dealkylation sites (tertiary alicyclic amines) is 1. The quantitative estimate of drug-likeness (QED) is 0.717. The fourth-order valence-corrected chi connectivity index (χ4v) is 4.47. The molecule has 2 amide bonds. The van der Waals surface area contributed by atoms with E-state index < -0.39 is 0 Å². The molecule has 154 valence electrons. The number of rotatable bonds is 3. The number of aromatic nitrogens is 4. The maximum absolute atomic E-state index is 13.2. The van der Waals surface area contributed by atoms with Crippen LogP contribution in [0.2, 0.25) is 0 Å². The Morgan fingerprint density at radius 2 is 1.93 bits per heavy atom. The van der Waals surface area contributed by atoms with E-state index in [0.717, 1.165) is 24.1 Å². The summed E-state index contributed by atoms with van der Waals surface area (Å²) in [6, 6.07) is 5.79. The molecule has 0 aliphatic carbocycles. The van der Waals surface area contributed by atoms with Gasteiger partial charge in [-0.15, -0.1) is 0 Å². The molecule has 2 fully saturated rings. The summed E-state index contributed by atoms with van der Waals surface area (Å²) in [6.07, 6.45) is 5.23. The molecule has 0 radical (unpaired) electrons. The topological polar surface area (TPSA) is 95.1 Å². The summed E-state index contributed by atoms with van der Waals surface area (Å²) in [7, 11) is 0. The number of amides is 2. The predicted octanol–water partition coefficient (Wildman–Crippen LogP) is 2.25. The molecule has 1 aromatic carbocycles. The molecule has 5 rings (SSSR count). The number of H-pyrrole nitrogens is 1. The number of halogens is 1. The minimum Gasteiger partial charge on any atom is -0.342 e. The Balaban J connectivity index is 1.30. The number of carbonyl (C=O) groups is 2. The number of fused-ring (bicyclic) bond motifs is 1. The van der Waals surface area contributed by atoms with Crippen LogP contribution in [0.3, 0.4) is 0 Å². The zero-order valence-electron chi connectivity index (χ0n) is 16.3. The van der Waals surface area contributed by atoms with E-state index in [1.807, 2.05) is 4.90 Å². The van der Waals surface area contributed by atoms with Gasteiger partial charge in [-0.2, -0.15) is 5.10 Å². The third-order valence-electron chi connectivity index (χ3n) is 5.97. The molecule has 0 spiro atoms. The van der Waals surface area contributed by atoms with Crippen molar-refractivity contribution in [3.8, 4) is 0 Å². The van der Waals surface area contributed by atoms with Crippen molar-refractivity contribution in [3.05, 3.63) is 48.2 Å². The fourth-order valence-electron chi connectivity index (χ4n) is 4.47. The van der Waals surface area contributed by atoms with E-state index in [-0.39, 0.29) is 35.9 Å². The summed E-state index contributed by atoms with van der Waals surface area (Å²) < 4.78 is 13.2. The zero-order valence-corrected chi connectivity index (χ0v) is 16.3. The third kappa shape index (κ3) is 3.30. The summed E-state index contributed by atoms with van der Waals surface area (Å²) in [5.41, 5.74) is 2.85. The molecule has 0 bridgehead atoms. The lowest BCUT2D eigenvalue weighted by Crippen LogP contribution is -2.43. The third-order valence-corrected chi connectivity index (χ3v) is 5.97. The lowest BCUT2D eigenvalue weighted by Gasteiger charge is -2.33. The number of hydrogen-bond donors (Lipinski definition) is 1. The molecule has 1 N–H and O–H groups in total. The second-order valence-corrected chi connectivity index (χ2v) is 7.87. The van der Waals surface area contributed by atoms with E-state index in [1.54, 1.807) is 29.4 Å². The second-order valence-electron chi connectivity index (χ2n) is 7.87. The van der Waals surface area contributed by atoms with Gasteiger partial charge in [0.15, 0.2) is 5.65 Å². The van der Waals surface area contributed by atoms with Gasteiger partial charge in [0.2, 0.25) is 11.8 Å². The van der Waals surface area contributed by atoms with Gasteiger partial charge in [-0.25, -0.2) is 14.4 Å². The average Bonchev–Trinajstić information content (AvgIpc) is 3.38. The molecule has 0 saturated carbocycles. The van der Waals surface area contributed by atoms with Crippen molar-refractivity contribution < 1.29 is 14.0 Å². The SMILES string of the molecule is O=C([C@@H]1CC(=O)N(c2ccc(F)cc2)C1)N1CCC[C@H](c2[nH]nc3nccnc23)C1. The molecule has 30 heavy (non-hydrogen) atoms. The maximum atomic E-state index is 13.2.